The van der Waals surface area contributed by atoms with Gasteiger partial charge in [-0.2, -0.15) is 0 Å². The van der Waals surface area contributed by atoms with Crippen molar-refractivity contribution in [2.24, 2.45) is 5.73 Å². The average molecular weight is 481 g/mol. The molecule has 0 radical (unpaired) electrons. The molecule has 4 rings (SSSR count). The van der Waals surface area contributed by atoms with Crippen molar-refractivity contribution in [2.45, 2.75) is 4.21 Å². The number of amidine groups is 1. The quantitative estimate of drug-likeness (QED) is 0.143. The van der Waals surface area contributed by atoms with Gasteiger partial charge in [-0.25, -0.2) is 4.98 Å². The lowest BCUT2D eigenvalue weighted by Crippen LogP contribution is -2.13. The van der Waals surface area contributed by atoms with Crippen LogP contribution in [0.4, 0.5) is 11.4 Å². The first-order valence-electron chi connectivity index (χ1n) is 9.51. The Hall–Kier alpha value is -3.14. The molecule has 4 aromatic rings. The molecule has 2 aromatic carbocycles. The molecule has 0 unspecified atom stereocenters. The van der Waals surface area contributed by atoms with E-state index in [0.717, 1.165) is 54.4 Å². The zero-order valence-corrected chi connectivity index (χ0v) is 19.8. The van der Waals surface area contributed by atoms with Crippen LogP contribution < -0.4 is 15.4 Å². The van der Waals surface area contributed by atoms with Crippen LogP contribution >= 0.6 is 34.4 Å². The number of anilines is 2. The number of ether oxygens (including phenoxy) is 1. The van der Waals surface area contributed by atoms with Gasteiger partial charge in [-0.3, -0.25) is 15.1 Å². The summed E-state index contributed by atoms with van der Waals surface area (Å²) < 4.78 is 6.28. The molecule has 0 aliphatic rings. The van der Waals surface area contributed by atoms with Gasteiger partial charge in [0, 0.05) is 27.9 Å². The van der Waals surface area contributed by atoms with Gasteiger partial charge in [0.2, 0.25) is 6.41 Å². The first-order valence-corrected chi connectivity index (χ1v) is 12.4. The highest BCUT2D eigenvalue weighted by Gasteiger charge is 2.16. The fraction of sp³-hybridized carbons (Fsp3) is 0.0870. The minimum Gasteiger partial charge on any atom is -0.497 e. The predicted molar refractivity (Wildman–Crippen MR) is 135 cm³/mol. The number of nitrogens with one attached hydrogen (secondary N) is 1. The van der Waals surface area contributed by atoms with E-state index in [0.29, 0.717) is 0 Å². The van der Waals surface area contributed by atoms with E-state index in [1.54, 1.807) is 35.1 Å². The molecule has 2 heterocycles. The molecule has 0 aliphatic carbocycles. The molecule has 0 fully saturated rings. The van der Waals surface area contributed by atoms with E-state index in [-0.39, 0.29) is 5.84 Å². The van der Waals surface area contributed by atoms with Crippen molar-refractivity contribution < 1.29 is 9.53 Å². The van der Waals surface area contributed by atoms with Crippen molar-refractivity contribution in [1.29, 1.82) is 5.41 Å². The third kappa shape index (κ3) is 4.40. The Kier molecular flexibility index (Phi) is 6.59. The number of thioether (sulfide) groups is 1. The summed E-state index contributed by atoms with van der Waals surface area (Å²) in [6, 6.07) is 17.0. The summed E-state index contributed by atoms with van der Waals surface area (Å²) in [7, 11) is 1.61. The van der Waals surface area contributed by atoms with E-state index in [1.165, 1.54) is 11.3 Å². The van der Waals surface area contributed by atoms with Crippen LogP contribution in [0.3, 0.4) is 0 Å². The normalized spacial score (nSPS) is 10.7. The maximum atomic E-state index is 11.9. The molecule has 0 atom stereocenters. The van der Waals surface area contributed by atoms with E-state index in [4.69, 9.17) is 20.9 Å². The zero-order chi connectivity index (χ0) is 22.7. The summed E-state index contributed by atoms with van der Waals surface area (Å²) in [5, 5.41) is 10.6. The van der Waals surface area contributed by atoms with Gasteiger partial charge in [0.15, 0.2) is 0 Å². The van der Waals surface area contributed by atoms with Gasteiger partial charge in [-0.05, 0) is 48.7 Å². The molecule has 162 valence electrons. The van der Waals surface area contributed by atoms with Crippen molar-refractivity contribution in [3.63, 3.8) is 0 Å². The van der Waals surface area contributed by atoms with Crippen LogP contribution in [0.5, 0.6) is 5.75 Å². The molecule has 1 amide bonds. The number of carbonyl (C=O) groups is 1. The topological polar surface area (TPSA) is 92.3 Å². The maximum Gasteiger partial charge on any atom is 0.218 e. The number of nitrogens with two attached hydrogens (primary N) is 1. The summed E-state index contributed by atoms with van der Waals surface area (Å²) in [5.74, 6) is 0.794. The number of nitrogens with zero attached hydrogens (tertiary/aromatic N) is 2. The molecule has 2 aromatic heterocycles. The summed E-state index contributed by atoms with van der Waals surface area (Å²) in [6.07, 6.45) is 2.80. The number of amides is 1. The van der Waals surface area contributed by atoms with Gasteiger partial charge < -0.3 is 10.5 Å². The summed E-state index contributed by atoms with van der Waals surface area (Å²) in [5.41, 5.74) is 9.91. The van der Waals surface area contributed by atoms with Crippen LogP contribution in [0, 0.1) is 5.41 Å². The van der Waals surface area contributed by atoms with Gasteiger partial charge in [-0.15, -0.1) is 34.4 Å². The van der Waals surface area contributed by atoms with Crippen LogP contribution in [0.25, 0.3) is 21.8 Å². The van der Waals surface area contributed by atoms with Crippen molar-refractivity contribution in [3.05, 3.63) is 64.9 Å². The second kappa shape index (κ2) is 9.56. The minimum atomic E-state index is 0.0634. The van der Waals surface area contributed by atoms with Crippen LogP contribution in [0.1, 0.15) is 4.88 Å². The number of benzene rings is 2. The number of rotatable bonds is 8. The van der Waals surface area contributed by atoms with Crippen LogP contribution in [0.15, 0.2) is 64.2 Å². The number of methoxy groups -OCH3 is 1. The number of hydrogen-bond acceptors (Lipinski definition) is 7. The second-order valence-corrected chi connectivity index (χ2v) is 9.68. The van der Waals surface area contributed by atoms with E-state index in [2.05, 4.69) is 0 Å². The fourth-order valence-electron chi connectivity index (χ4n) is 3.17. The molecule has 0 bridgehead atoms. The fourth-order valence-corrected chi connectivity index (χ4v) is 5.88. The monoisotopic (exact) mass is 480 g/mol. The van der Waals surface area contributed by atoms with Crippen molar-refractivity contribution in [2.75, 3.05) is 18.3 Å². The Balaban J connectivity index is 1.66. The number of thiazole rings is 1. The number of hydrogen-bond donors (Lipinski definition) is 2. The third-order valence-corrected chi connectivity index (χ3v) is 7.94. The maximum absolute atomic E-state index is 11.9. The van der Waals surface area contributed by atoms with E-state index in [9.17, 15) is 4.79 Å². The lowest BCUT2D eigenvalue weighted by molar-refractivity contribution is -0.106. The van der Waals surface area contributed by atoms with Crippen molar-refractivity contribution in [1.82, 2.24) is 4.98 Å². The highest BCUT2D eigenvalue weighted by atomic mass is 32.2. The molecule has 0 aliphatic heterocycles. The summed E-state index contributed by atoms with van der Waals surface area (Å²) in [6.45, 7) is 0. The Labute approximate surface area is 198 Å². The van der Waals surface area contributed by atoms with Gasteiger partial charge >= 0.3 is 0 Å². The van der Waals surface area contributed by atoms with Gasteiger partial charge in [0.1, 0.15) is 16.6 Å². The van der Waals surface area contributed by atoms with Crippen molar-refractivity contribution >= 4 is 58.1 Å². The van der Waals surface area contributed by atoms with Crippen LogP contribution in [0.2, 0.25) is 0 Å². The first kappa shape index (κ1) is 22.1. The Bertz CT molecular complexity index is 1260. The van der Waals surface area contributed by atoms with Gasteiger partial charge in [0.05, 0.1) is 21.9 Å². The van der Waals surface area contributed by atoms with E-state index >= 15 is 0 Å². The van der Waals surface area contributed by atoms with Gasteiger partial charge in [-0.1, -0.05) is 12.1 Å². The average Bonchev–Trinajstić information content (AvgIpc) is 3.47. The number of aromatic nitrogens is 1. The lowest BCUT2D eigenvalue weighted by Gasteiger charge is -2.18. The second-order valence-electron chi connectivity index (χ2n) is 6.69. The standard InChI is InChI=1S/C23H20N4O2S3/c1-29-17-8-6-15(7-9-17)27(13-28)16-5-3-4-14(10-16)19-12-31-22(26-19)18-11-20(21(24)25)32-23(18)30-2/h3-13H,1-2H3,(H3,24,25). The Morgan fingerprint density at radius 2 is 1.97 bits per heavy atom. The Morgan fingerprint density at radius 3 is 2.62 bits per heavy atom. The first-order chi connectivity index (χ1) is 15.5. The molecule has 32 heavy (non-hydrogen) atoms. The Morgan fingerprint density at radius 1 is 1.19 bits per heavy atom. The minimum absolute atomic E-state index is 0.0634. The molecule has 0 spiro atoms. The predicted octanol–water partition coefficient (Wildman–Crippen LogP) is 5.85. The molecule has 6 nitrogen and oxygen atoms in total. The SMILES string of the molecule is COc1ccc(N(C=O)c2cccc(-c3csc(-c4cc(C(=N)N)sc4SC)n3)c2)cc1. The largest absolute Gasteiger partial charge is 0.497 e. The number of nitrogen functional groups attached to an aromatic ring is 1. The number of carbonyl (C=O) groups excluding carboxylic acids is 1. The molecule has 0 saturated heterocycles. The summed E-state index contributed by atoms with van der Waals surface area (Å²) >= 11 is 4.67. The number of thiophene rings is 1. The van der Waals surface area contributed by atoms with Gasteiger partial charge in [0.25, 0.3) is 0 Å². The molecular weight excluding hydrogens is 460 g/mol. The highest BCUT2D eigenvalue weighted by molar-refractivity contribution is 8.00. The smallest absolute Gasteiger partial charge is 0.218 e. The lowest BCUT2D eigenvalue weighted by atomic mass is 10.1. The molecule has 9 heteroatoms. The van der Waals surface area contributed by atoms with Crippen LogP contribution in [-0.2, 0) is 4.79 Å². The van der Waals surface area contributed by atoms with E-state index in [1.807, 2.05) is 66.2 Å². The molecule has 3 N–H and O–H groups in total. The van der Waals surface area contributed by atoms with Crippen LogP contribution in [-0.4, -0.2) is 30.6 Å². The van der Waals surface area contributed by atoms with Crippen molar-refractivity contribution in [3.8, 4) is 27.6 Å². The molecule has 0 saturated carbocycles. The summed E-state index contributed by atoms with van der Waals surface area (Å²) in [4.78, 5) is 19.0. The van der Waals surface area contributed by atoms with E-state index < -0.39 is 0 Å². The zero-order valence-electron chi connectivity index (χ0n) is 17.4. The molecular formula is C23H20N4O2S3. The third-order valence-electron chi connectivity index (χ3n) is 4.76. The highest BCUT2D eigenvalue weighted by Crippen LogP contribution is 2.40.